The van der Waals surface area contributed by atoms with E-state index in [0.717, 1.165) is 37.7 Å². The van der Waals surface area contributed by atoms with Crippen molar-refractivity contribution in [2.24, 2.45) is 0 Å². The summed E-state index contributed by atoms with van der Waals surface area (Å²) in [4.78, 5) is 43.8. The van der Waals surface area contributed by atoms with Crippen LogP contribution in [0.2, 0.25) is 0 Å². The lowest BCUT2D eigenvalue weighted by Crippen LogP contribution is -2.43. The predicted octanol–water partition coefficient (Wildman–Crippen LogP) is 3.01. The molecule has 3 aliphatic rings. The number of hydrogen-bond donors (Lipinski definition) is 1. The van der Waals surface area contributed by atoms with E-state index >= 15 is 0 Å². The van der Waals surface area contributed by atoms with Crippen LogP contribution in [-0.4, -0.2) is 54.1 Å². The first kappa shape index (κ1) is 22.5. The Morgan fingerprint density at radius 1 is 1.22 bits per heavy atom. The number of Topliss-reactive ketones (excluding diaryl/α,β-unsaturated/α-hetero) is 1. The van der Waals surface area contributed by atoms with E-state index in [1.807, 2.05) is 11.0 Å². The summed E-state index contributed by atoms with van der Waals surface area (Å²) in [6.07, 6.45) is 7.87. The molecule has 0 bridgehead atoms. The van der Waals surface area contributed by atoms with Crippen molar-refractivity contribution in [2.75, 3.05) is 19.7 Å². The number of hydroxylamine groups is 1. The molecular formula is C24H30N2O6. The molecule has 1 spiro atoms. The third kappa shape index (κ3) is 5.37. The van der Waals surface area contributed by atoms with Crippen molar-refractivity contribution in [3.05, 3.63) is 35.4 Å². The van der Waals surface area contributed by atoms with Gasteiger partial charge in [0.2, 0.25) is 5.91 Å². The molecule has 0 aliphatic carbocycles. The lowest BCUT2D eigenvalue weighted by Gasteiger charge is -2.37. The maximum absolute atomic E-state index is 13.0. The van der Waals surface area contributed by atoms with Gasteiger partial charge < -0.3 is 14.4 Å². The van der Waals surface area contributed by atoms with Gasteiger partial charge in [0.15, 0.2) is 12.1 Å². The van der Waals surface area contributed by atoms with Crippen LogP contribution in [0.4, 0.5) is 0 Å². The van der Waals surface area contributed by atoms with Gasteiger partial charge in [-0.25, -0.2) is 10.3 Å². The van der Waals surface area contributed by atoms with Crippen molar-refractivity contribution in [2.45, 2.75) is 63.8 Å². The number of nitrogens with zero attached hydrogens (tertiary/aromatic N) is 1. The normalized spacial score (nSPS) is 25.8. The largest absolute Gasteiger partial charge is 0.486 e. The standard InChI is InChI=1S/C24H30N2O6/c1-17(27)26-12-4-10-24(11-13-26)16-20(28)19-15-18(6-8-21(19)31-24)7-9-22(29)25-32-23-5-2-3-14-30-23/h6-9,15,23H,2-5,10-14,16H2,1H3,(H,25,29)/b9-7+. The van der Waals surface area contributed by atoms with Crippen molar-refractivity contribution in [3.63, 3.8) is 0 Å². The van der Waals surface area contributed by atoms with Gasteiger partial charge in [0.25, 0.3) is 5.91 Å². The van der Waals surface area contributed by atoms with E-state index in [2.05, 4.69) is 5.48 Å². The van der Waals surface area contributed by atoms with E-state index < -0.39 is 17.8 Å². The van der Waals surface area contributed by atoms with E-state index in [-0.39, 0.29) is 11.7 Å². The molecule has 0 radical (unpaired) electrons. The Balaban J connectivity index is 1.38. The molecule has 0 aromatic heterocycles. The molecule has 172 valence electrons. The molecule has 3 heterocycles. The zero-order chi connectivity index (χ0) is 22.6. The molecule has 4 rings (SSSR count). The summed E-state index contributed by atoms with van der Waals surface area (Å²) in [5.41, 5.74) is 3.08. The molecule has 32 heavy (non-hydrogen) atoms. The van der Waals surface area contributed by atoms with Gasteiger partial charge in [0.05, 0.1) is 12.0 Å². The van der Waals surface area contributed by atoms with Crippen LogP contribution in [0.15, 0.2) is 24.3 Å². The Kier molecular flexibility index (Phi) is 6.91. The Labute approximate surface area is 187 Å². The van der Waals surface area contributed by atoms with Gasteiger partial charge in [0.1, 0.15) is 11.4 Å². The number of carbonyl (C=O) groups excluding carboxylic acids is 3. The van der Waals surface area contributed by atoms with E-state index in [1.165, 1.54) is 6.08 Å². The lowest BCUT2D eigenvalue weighted by molar-refractivity contribution is -0.198. The van der Waals surface area contributed by atoms with Crippen LogP contribution in [0.3, 0.4) is 0 Å². The molecule has 1 aromatic carbocycles. The summed E-state index contributed by atoms with van der Waals surface area (Å²) < 4.78 is 11.7. The zero-order valence-electron chi connectivity index (χ0n) is 18.4. The number of hydrogen-bond acceptors (Lipinski definition) is 6. The smallest absolute Gasteiger partial charge is 0.267 e. The average Bonchev–Trinajstić information content (AvgIpc) is 2.99. The van der Waals surface area contributed by atoms with Gasteiger partial charge in [-0.15, -0.1) is 0 Å². The number of ketones is 1. The fourth-order valence-corrected chi connectivity index (χ4v) is 4.51. The molecule has 8 heteroatoms. The summed E-state index contributed by atoms with van der Waals surface area (Å²) in [6.45, 7) is 3.51. The van der Waals surface area contributed by atoms with Gasteiger partial charge >= 0.3 is 0 Å². The maximum Gasteiger partial charge on any atom is 0.267 e. The minimum Gasteiger partial charge on any atom is -0.486 e. The SMILES string of the molecule is CC(=O)N1CCCC2(CC1)CC(=O)c1cc(/C=C/C(=O)NOC3CCCCO3)ccc1O2. The highest BCUT2D eigenvalue weighted by Gasteiger charge is 2.41. The highest BCUT2D eigenvalue weighted by Crippen LogP contribution is 2.39. The Morgan fingerprint density at radius 2 is 2.09 bits per heavy atom. The fourth-order valence-electron chi connectivity index (χ4n) is 4.51. The topological polar surface area (TPSA) is 94.2 Å². The molecule has 2 amide bonds. The van der Waals surface area contributed by atoms with Crippen LogP contribution >= 0.6 is 0 Å². The third-order valence-corrected chi connectivity index (χ3v) is 6.31. The number of fused-ring (bicyclic) bond motifs is 1. The van der Waals surface area contributed by atoms with E-state index in [0.29, 0.717) is 43.9 Å². The number of nitrogens with one attached hydrogen (secondary N) is 1. The Morgan fingerprint density at radius 3 is 2.88 bits per heavy atom. The van der Waals surface area contributed by atoms with Gasteiger partial charge in [-0.3, -0.25) is 14.4 Å². The van der Waals surface area contributed by atoms with Gasteiger partial charge in [-0.2, -0.15) is 0 Å². The number of carbonyl (C=O) groups is 3. The lowest BCUT2D eigenvalue weighted by atomic mass is 9.84. The Bertz CT molecular complexity index is 908. The molecule has 2 atom stereocenters. The van der Waals surface area contributed by atoms with Crippen molar-refractivity contribution in [3.8, 4) is 5.75 Å². The van der Waals surface area contributed by atoms with Crippen LogP contribution in [0.25, 0.3) is 6.08 Å². The molecule has 2 fully saturated rings. The second-order valence-corrected chi connectivity index (χ2v) is 8.71. The molecule has 8 nitrogen and oxygen atoms in total. The van der Waals surface area contributed by atoms with Gasteiger partial charge in [-0.1, -0.05) is 6.07 Å². The zero-order valence-corrected chi connectivity index (χ0v) is 18.4. The van der Waals surface area contributed by atoms with Crippen LogP contribution < -0.4 is 10.2 Å². The number of amides is 2. The number of likely N-dealkylation sites (tertiary alicyclic amines) is 1. The predicted molar refractivity (Wildman–Crippen MR) is 117 cm³/mol. The maximum atomic E-state index is 13.0. The second kappa shape index (κ2) is 9.83. The van der Waals surface area contributed by atoms with Crippen LogP contribution in [-0.2, 0) is 19.2 Å². The average molecular weight is 443 g/mol. The first-order valence-electron chi connectivity index (χ1n) is 11.3. The molecule has 3 aliphatic heterocycles. The third-order valence-electron chi connectivity index (χ3n) is 6.31. The van der Waals surface area contributed by atoms with E-state index in [9.17, 15) is 14.4 Å². The summed E-state index contributed by atoms with van der Waals surface area (Å²) >= 11 is 0. The quantitative estimate of drug-likeness (QED) is 0.569. The molecule has 1 aromatic rings. The van der Waals surface area contributed by atoms with Crippen LogP contribution in [0, 0.1) is 0 Å². The first-order valence-corrected chi connectivity index (χ1v) is 11.3. The summed E-state index contributed by atoms with van der Waals surface area (Å²) in [7, 11) is 0. The van der Waals surface area contributed by atoms with Crippen molar-refractivity contribution < 1.29 is 28.7 Å². The number of benzene rings is 1. The van der Waals surface area contributed by atoms with Crippen LogP contribution in [0.5, 0.6) is 5.75 Å². The first-order chi connectivity index (χ1) is 15.4. The molecule has 2 unspecified atom stereocenters. The van der Waals surface area contributed by atoms with Crippen molar-refractivity contribution in [1.82, 2.24) is 10.4 Å². The minimum atomic E-state index is -0.552. The number of ether oxygens (including phenoxy) is 2. The minimum absolute atomic E-state index is 0.0278. The van der Waals surface area contributed by atoms with Gasteiger partial charge in [0, 0.05) is 45.5 Å². The van der Waals surface area contributed by atoms with Crippen molar-refractivity contribution in [1.29, 1.82) is 0 Å². The Hall–Kier alpha value is -2.71. The van der Waals surface area contributed by atoms with E-state index in [1.54, 1.807) is 25.1 Å². The van der Waals surface area contributed by atoms with Crippen LogP contribution in [0.1, 0.15) is 67.8 Å². The summed E-state index contributed by atoms with van der Waals surface area (Å²) in [5.74, 6) is 0.255. The highest BCUT2D eigenvalue weighted by molar-refractivity contribution is 6.01. The molecule has 2 saturated heterocycles. The molecule has 1 N–H and O–H groups in total. The van der Waals surface area contributed by atoms with Crippen molar-refractivity contribution >= 4 is 23.7 Å². The second-order valence-electron chi connectivity index (χ2n) is 8.71. The fraction of sp³-hybridized carbons (Fsp3) is 0.542. The summed E-state index contributed by atoms with van der Waals surface area (Å²) in [5, 5.41) is 0. The van der Waals surface area contributed by atoms with E-state index in [4.69, 9.17) is 14.3 Å². The highest BCUT2D eigenvalue weighted by atomic mass is 16.8. The molecular weight excluding hydrogens is 412 g/mol. The number of rotatable bonds is 4. The summed E-state index contributed by atoms with van der Waals surface area (Å²) in [6, 6.07) is 5.35. The monoisotopic (exact) mass is 442 g/mol. The molecule has 0 saturated carbocycles. The van der Waals surface area contributed by atoms with Gasteiger partial charge in [-0.05, 0) is 49.5 Å².